The van der Waals surface area contributed by atoms with Crippen molar-refractivity contribution in [2.45, 2.75) is 28.9 Å². The van der Waals surface area contributed by atoms with Gasteiger partial charge in [0.1, 0.15) is 0 Å². The molecule has 0 aromatic heterocycles. The van der Waals surface area contributed by atoms with Gasteiger partial charge in [0.2, 0.25) is 21.8 Å². The zero-order chi connectivity index (χ0) is 22.4. The third kappa shape index (κ3) is 6.30. The Morgan fingerprint density at radius 2 is 1.52 bits per heavy atom. The standard InChI is InChI=1S/C21H25N3O5S2/c1-15(30-19-7-3-17(4-8-19)22-16(2)25)21(26)23-18-5-9-20(10-6-18)31(27,28)24-11-13-29-14-12-24/h3-10,15H,11-14H2,1-2H3,(H,22,25)(H,23,26). The fourth-order valence-corrected chi connectivity index (χ4v) is 5.24. The van der Waals surface area contributed by atoms with Crippen molar-refractivity contribution >= 4 is 45.0 Å². The van der Waals surface area contributed by atoms with Crippen LogP contribution in [0.5, 0.6) is 0 Å². The Balaban J connectivity index is 1.57. The topological polar surface area (TPSA) is 105 Å². The van der Waals surface area contributed by atoms with Crippen molar-refractivity contribution in [1.29, 1.82) is 0 Å². The number of ether oxygens (including phenoxy) is 1. The highest BCUT2D eigenvalue weighted by atomic mass is 32.2. The van der Waals surface area contributed by atoms with Gasteiger partial charge in [-0.2, -0.15) is 4.31 Å². The molecule has 31 heavy (non-hydrogen) atoms. The number of sulfonamides is 1. The van der Waals surface area contributed by atoms with E-state index < -0.39 is 10.0 Å². The molecule has 3 rings (SSSR count). The molecule has 2 aromatic rings. The van der Waals surface area contributed by atoms with Crippen LogP contribution < -0.4 is 10.6 Å². The van der Waals surface area contributed by atoms with Crippen LogP contribution in [0.4, 0.5) is 11.4 Å². The van der Waals surface area contributed by atoms with Gasteiger partial charge in [0.25, 0.3) is 0 Å². The molecule has 2 N–H and O–H groups in total. The molecule has 0 saturated carbocycles. The van der Waals surface area contributed by atoms with Crippen LogP contribution in [-0.4, -0.2) is 56.1 Å². The summed E-state index contributed by atoms with van der Waals surface area (Å²) in [5, 5.41) is 5.14. The Bertz CT molecular complexity index is 1020. The van der Waals surface area contributed by atoms with Gasteiger partial charge in [-0.1, -0.05) is 0 Å². The minimum Gasteiger partial charge on any atom is -0.379 e. The van der Waals surface area contributed by atoms with E-state index >= 15 is 0 Å². The maximum atomic E-state index is 12.7. The number of morpholine rings is 1. The minimum atomic E-state index is -3.57. The van der Waals surface area contributed by atoms with Crippen LogP contribution in [0.1, 0.15) is 13.8 Å². The zero-order valence-electron chi connectivity index (χ0n) is 17.3. The van der Waals surface area contributed by atoms with Crippen molar-refractivity contribution in [2.75, 3.05) is 36.9 Å². The predicted molar refractivity (Wildman–Crippen MR) is 121 cm³/mol. The van der Waals surface area contributed by atoms with E-state index in [-0.39, 0.29) is 22.0 Å². The molecule has 10 heteroatoms. The van der Waals surface area contributed by atoms with Crippen molar-refractivity contribution < 1.29 is 22.7 Å². The molecule has 0 spiro atoms. The molecule has 2 amide bonds. The maximum absolute atomic E-state index is 12.7. The number of hydrogen-bond donors (Lipinski definition) is 2. The van der Waals surface area contributed by atoms with Crippen LogP contribution in [0.3, 0.4) is 0 Å². The summed E-state index contributed by atoms with van der Waals surface area (Å²) >= 11 is 1.39. The molecule has 8 nitrogen and oxygen atoms in total. The molecule has 166 valence electrons. The van der Waals surface area contributed by atoms with Crippen molar-refractivity contribution in [3.05, 3.63) is 48.5 Å². The van der Waals surface area contributed by atoms with Crippen molar-refractivity contribution in [1.82, 2.24) is 4.31 Å². The normalized spacial score (nSPS) is 15.8. The molecular weight excluding hydrogens is 438 g/mol. The van der Waals surface area contributed by atoms with Crippen molar-refractivity contribution in [3.8, 4) is 0 Å². The van der Waals surface area contributed by atoms with Gasteiger partial charge in [0.05, 0.1) is 23.4 Å². The lowest BCUT2D eigenvalue weighted by molar-refractivity contribution is -0.115. The SMILES string of the molecule is CC(=O)Nc1ccc(SC(C)C(=O)Nc2ccc(S(=O)(=O)N3CCOCC3)cc2)cc1. The Hall–Kier alpha value is -2.40. The number of amides is 2. The number of carbonyl (C=O) groups is 2. The van der Waals surface area contributed by atoms with Gasteiger partial charge in [-0.3, -0.25) is 9.59 Å². The molecular formula is C21H25N3O5S2. The monoisotopic (exact) mass is 463 g/mol. The third-order valence-electron chi connectivity index (χ3n) is 4.59. The lowest BCUT2D eigenvalue weighted by atomic mass is 10.3. The van der Waals surface area contributed by atoms with E-state index in [1.165, 1.54) is 35.1 Å². The van der Waals surface area contributed by atoms with Gasteiger partial charge >= 0.3 is 0 Å². The summed E-state index contributed by atoms with van der Waals surface area (Å²) in [5.74, 6) is -0.336. The van der Waals surface area contributed by atoms with E-state index in [1.807, 2.05) is 12.1 Å². The number of nitrogens with one attached hydrogen (secondary N) is 2. The lowest BCUT2D eigenvalue weighted by Crippen LogP contribution is -2.40. The number of benzene rings is 2. The molecule has 1 heterocycles. The van der Waals surface area contributed by atoms with E-state index in [9.17, 15) is 18.0 Å². The van der Waals surface area contributed by atoms with Crippen LogP contribution in [0.25, 0.3) is 0 Å². The van der Waals surface area contributed by atoms with Crippen molar-refractivity contribution in [2.24, 2.45) is 0 Å². The van der Waals surface area contributed by atoms with E-state index in [0.29, 0.717) is 37.7 Å². The first-order valence-electron chi connectivity index (χ1n) is 9.79. The van der Waals surface area contributed by atoms with Gasteiger partial charge in [-0.15, -0.1) is 11.8 Å². The van der Waals surface area contributed by atoms with Gasteiger partial charge in [0, 0.05) is 36.3 Å². The van der Waals surface area contributed by atoms with E-state index in [0.717, 1.165) is 4.90 Å². The van der Waals surface area contributed by atoms with E-state index in [1.54, 1.807) is 31.2 Å². The summed E-state index contributed by atoms with van der Waals surface area (Å²) in [5.41, 5.74) is 1.22. The van der Waals surface area contributed by atoms with E-state index in [4.69, 9.17) is 4.74 Å². The zero-order valence-corrected chi connectivity index (χ0v) is 19.0. The molecule has 1 saturated heterocycles. The number of rotatable bonds is 7. The van der Waals surface area contributed by atoms with Gasteiger partial charge < -0.3 is 15.4 Å². The van der Waals surface area contributed by atoms with Crippen LogP contribution in [0.2, 0.25) is 0 Å². The molecule has 0 radical (unpaired) electrons. The maximum Gasteiger partial charge on any atom is 0.243 e. The van der Waals surface area contributed by atoms with Crippen LogP contribution in [0.15, 0.2) is 58.3 Å². The predicted octanol–water partition coefficient (Wildman–Crippen LogP) is 2.79. The second kappa shape index (κ2) is 10.3. The van der Waals surface area contributed by atoms with Crippen LogP contribution in [-0.2, 0) is 24.3 Å². The fraction of sp³-hybridized carbons (Fsp3) is 0.333. The molecule has 1 atom stereocenters. The number of hydrogen-bond acceptors (Lipinski definition) is 6. The second-order valence-electron chi connectivity index (χ2n) is 7.00. The smallest absolute Gasteiger partial charge is 0.243 e. The summed E-state index contributed by atoms with van der Waals surface area (Å²) in [7, 11) is -3.57. The summed E-state index contributed by atoms with van der Waals surface area (Å²) in [4.78, 5) is 24.7. The van der Waals surface area contributed by atoms with Gasteiger partial charge in [-0.05, 0) is 55.5 Å². The van der Waals surface area contributed by atoms with Crippen LogP contribution >= 0.6 is 11.8 Å². The Labute approximate surface area is 186 Å². The summed E-state index contributed by atoms with van der Waals surface area (Å²) in [6, 6.07) is 13.4. The highest BCUT2D eigenvalue weighted by Gasteiger charge is 2.26. The minimum absolute atomic E-state index is 0.142. The summed E-state index contributed by atoms with van der Waals surface area (Å²) < 4.78 is 32.0. The highest BCUT2D eigenvalue weighted by molar-refractivity contribution is 8.00. The van der Waals surface area contributed by atoms with Crippen molar-refractivity contribution in [3.63, 3.8) is 0 Å². The number of carbonyl (C=O) groups excluding carboxylic acids is 2. The molecule has 0 aliphatic carbocycles. The van der Waals surface area contributed by atoms with Gasteiger partial charge in [-0.25, -0.2) is 8.42 Å². The average molecular weight is 464 g/mol. The molecule has 1 fully saturated rings. The fourth-order valence-electron chi connectivity index (χ4n) is 2.97. The lowest BCUT2D eigenvalue weighted by Gasteiger charge is -2.26. The summed E-state index contributed by atoms with van der Waals surface area (Å²) in [6.07, 6.45) is 0. The highest BCUT2D eigenvalue weighted by Crippen LogP contribution is 2.26. The first-order chi connectivity index (χ1) is 14.8. The van der Waals surface area contributed by atoms with Gasteiger partial charge in [0.15, 0.2) is 0 Å². The molecule has 0 bridgehead atoms. The van der Waals surface area contributed by atoms with E-state index in [2.05, 4.69) is 10.6 Å². The molecule has 1 unspecified atom stereocenters. The first-order valence-corrected chi connectivity index (χ1v) is 12.1. The largest absolute Gasteiger partial charge is 0.379 e. The molecule has 1 aliphatic heterocycles. The number of anilines is 2. The Morgan fingerprint density at radius 1 is 0.968 bits per heavy atom. The van der Waals surface area contributed by atoms with Crippen LogP contribution in [0, 0.1) is 0 Å². The molecule has 1 aliphatic rings. The number of thioether (sulfide) groups is 1. The average Bonchev–Trinajstić information content (AvgIpc) is 2.75. The first kappa shape index (κ1) is 23.3. The molecule has 2 aromatic carbocycles. The Kier molecular flexibility index (Phi) is 7.71. The second-order valence-corrected chi connectivity index (χ2v) is 10.3. The third-order valence-corrected chi connectivity index (χ3v) is 7.61. The Morgan fingerprint density at radius 3 is 2.10 bits per heavy atom. The number of nitrogens with zero attached hydrogens (tertiary/aromatic N) is 1. The quantitative estimate of drug-likeness (QED) is 0.612. The summed E-state index contributed by atoms with van der Waals surface area (Å²) in [6.45, 7) is 4.68.